The minimum absolute atomic E-state index is 0.620. The molecule has 14 nitrogen and oxygen atoms in total. The highest BCUT2D eigenvalue weighted by atomic mass is 35.5. The van der Waals surface area contributed by atoms with Gasteiger partial charge in [-0.25, -0.2) is 0 Å². The molecule has 4 heterocycles. The molecule has 0 atom stereocenters. The summed E-state index contributed by atoms with van der Waals surface area (Å²) in [6.07, 6.45) is 0. The third-order valence-corrected chi connectivity index (χ3v) is 8.20. The molecule has 45 heavy (non-hydrogen) atoms. The lowest BCUT2D eigenvalue weighted by Gasteiger charge is -1.99. The zero-order chi connectivity index (χ0) is 32.7. The zero-order valence-corrected chi connectivity index (χ0v) is 28.0. The van der Waals surface area contributed by atoms with Gasteiger partial charge in [-0.1, -0.05) is 82.3 Å². The first-order valence-corrected chi connectivity index (χ1v) is 16.5. The summed E-state index contributed by atoms with van der Waals surface area (Å²) in [7, 11) is -0.972. The summed E-state index contributed by atoms with van der Waals surface area (Å²) in [5.74, 6) is 0. The molecule has 0 spiro atoms. The smallest absolute Gasteiger partial charge is 0.330 e. The van der Waals surface area contributed by atoms with Gasteiger partial charge in [0.15, 0.2) is 10.0 Å². The van der Waals surface area contributed by atoms with Crippen LogP contribution < -0.4 is 10.6 Å². The molecule has 4 N–H and O–H groups in total. The Morgan fingerprint density at radius 1 is 0.667 bits per heavy atom. The van der Waals surface area contributed by atoms with Crippen molar-refractivity contribution in [3.05, 3.63) is 82.1 Å². The van der Waals surface area contributed by atoms with Crippen molar-refractivity contribution in [2.75, 3.05) is 10.6 Å². The average Bonchev–Trinajstić information content (AvgIpc) is 3.73. The molecule has 6 aromatic rings. The first kappa shape index (κ1) is 33.9. The van der Waals surface area contributed by atoms with Gasteiger partial charge in [-0.15, -0.1) is 20.4 Å². The van der Waals surface area contributed by atoms with E-state index < -0.39 is 10.4 Å². The molecule has 0 bridgehead atoms. The second-order valence-electron chi connectivity index (χ2n) is 9.00. The number of hydrogen-bond acceptors (Lipinski definition) is 12. The number of para-hydroxylation sites is 2. The predicted octanol–water partition coefficient (Wildman–Crippen LogP) is 6.64. The molecule has 0 amide bonds. The number of rotatable bonds is 6. The van der Waals surface area contributed by atoms with Gasteiger partial charge in [-0.2, -0.15) is 18.6 Å². The molecule has 0 aliphatic heterocycles. The van der Waals surface area contributed by atoms with Crippen molar-refractivity contribution in [2.45, 2.75) is 13.8 Å². The Balaban J connectivity index is 0.000000179. The maximum absolute atomic E-state index is 8.74. The molecule has 0 aliphatic carbocycles. The van der Waals surface area contributed by atoms with Crippen LogP contribution in [-0.2, 0) is 24.5 Å². The number of aromatic nitrogens is 8. The molecule has 2 aromatic carbocycles. The molecule has 0 saturated carbocycles. The molecule has 236 valence electrons. The minimum Gasteiger partial charge on any atom is -0.330 e. The lowest BCUT2D eigenvalue weighted by molar-refractivity contribution is 0.381. The fourth-order valence-electron chi connectivity index (χ4n) is 3.76. The maximum atomic E-state index is 8.74. The van der Waals surface area contributed by atoms with Crippen LogP contribution in [0.5, 0.6) is 0 Å². The van der Waals surface area contributed by atoms with E-state index >= 15 is 0 Å². The molecule has 6 rings (SSSR count). The molecule has 0 unspecified atom stereocenters. The number of anilines is 4. The monoisotopic (exact) mass is 708 g/mol. The largest absolute Gasteiger partial charge is 0.394 e. The third kappa shape index (κ3) is 9.51. The number of hydrogen-bond donors (Lipinski definition) is 4. The lowest BCUT2D eigenvalue weighted by atomic mass is 10.3. The lowest BCUT2D eigenvalue weighted by Crippen LogP contribution is -1.93. The van der Waals surface area contributed by atoms with Crippen LogP contribution in [0.25, 0.3) is 21.4 Å². The number of nitrogens with zero attached hydrogens (tertiary/aromatic N) is 8. The first-order valence-electron chi connectivity index (χ1n) is 12.7. The molecule has 0 radical (unpaired) electrons. The van der Waals surface area contributed by atoms with Crippen molar-refractivity contribution in [3.63, 3.8) is 0 Å². The Hall–Kier alpha value is -3.97. The van der Waals surface area contributed by atoms with Crippen LogP contribution in [0.2, 0.25) is 10.0 Å². The minimum atomic E-state index is -4.67. The van der Waals surface area contributed by atoms with Gasteiger partial charge in [-0.05, 0) is 38.1 Å². The second-order valence-corrected chi connectivity index (χ2v) is 12.6. The Labute approximate surface area is 276 Å². The highest BCUT2D eigenvalue weighted by molar-refractivity contribution is 7.79. The van der Waals surface area contributed by atoms with Crippen molar-refractivity contribution < 1.29 is 17.5 Å². The Morgan fingerprint density at radius 3 is 1.29 bits per heavy atom. The molecule has 0 fully saturated rings. The van der Waals surface area contributed by atoms with Gasteiger partial charge in [0.25, 0.3) is 0 Å². The Morgan fingerprint density at radius 2 is 1.00 bits per heavy atom. The SMILES string of the molecule is Cc1nn(C)c(-c2nnc(Nc3ccccc3)s2)c1Cl.Cc1nn(C)c(-c2nnc(Nc3ccccc3)s2)c1Cl.O=S(=O)(O)O. The van der Waals surface area contributed by atoms with E-state index in [9.17, 15) is 0 Å². The number of aryl methyl sites for hydroxylation is 4. The molecule has 4 aromatic heterocycles. The van der Waals surface area contributed by atoms with E-state index in [1.807, 2.05) is 88.6 Å². The van der Waals surface area contributed by atoms with Crippen molar-refractivity contribution >= 4 is 77.9 Å². The number of halogens is 2. The van der Waals surface area contributed by atoms with Crippen LogP contribution in [0.1, 0.15) is 11.4 Å². The van der Waals surface area contributed by atoms with Crippen LogP contribution >= 0.6 is 45.9 Å². The highest BCUT2D eigenvalue weighted by Gasteiger charge is 2.18. The van der Waals surface area contributed by atoms with Gasteiger partial charge >= 0.3 is 10.4 Å². The van der Waals surface area contributed by atoms with Gasteiger partial charge in [0.2, 0.25) is 10.3 Å². The van der Waals surface area contributed by atoms with Crippen LogP contribution in [0.4, 0.5) is 21.6 Å². The highest BCUT2D eigenvalue weighted by Crippen LogP contribution is 2.35. The van der Waals surface area contributed by atoms with Crippen molar-refractivity contribution in [3.8, 4) is 21.4 Å². The maximum Gasteiger partial charge on any atom is 0.394 e. The van der Waals surface area contributed by atoms with Gasteiger partial charge < -0.3 is 10.6 Å². The van der Waals surface area contributed by atoms with Crippen molar-refractivity contribution in [1.29, 1.82) is 0 Å². The van der Waals surface area contributed by atoms with Gasteiger partial charge in [0.05, 0.1) is 21.4 Å². The van der Waals surface area contributed by atoms with Crippen molar-refractivity contribution in [2.24, 2.45) is 14.1 Å². The van der Waals surface area contributed by atoms with Crippen LogP contribution in [0.3, 0.4) is 0 Å². The molecule has 19 heteroatoms. The first-order chi connectivity index (χ1) is 21.3. The standard InChI is InChI=1S/2C13H12ClN5S.H2O4S/c2*1-8-10(14)11(19(2)18-8)12-16-17-13(20-12)15-9-6-4-3-5-7-9;1-5(2,3)4/h2*3-7H,1-2H3,(H,15,17);(H2,1,2,3,4). The quantitative estimate of drug-likeness (QED) is 0.135. The average molecular weight is 710 g/mol. The summed E-state index contributed by atoms with van der Waals surface area (Å²) < 4.78 is 35.0. The molecular weight excluding hydrogens is 683 g/mol. The summed E-state index contributed by atoms with van der Waals surface area (Å²) in [6.45, 7) is 3.74. The summed E-state index contributed by atoms with van der Waals surface area (Å²) in [5.41, 5.74) is 5.12. The number of nitrogens with one attached hydrogen (secondary N) is 2. The molecular formula is C26H26Cl2N10O4S3. The van der Waals surface area contributed by atoms with Crippen LogP contribution in [0, 0.1) is 13.8 Å². The van der Waals surface area contributed by atoms with Gasteiger partial charge in [-0.3, -0.25) is 18.5 Å². The zero-order valence-electron chi connectivity index (χ0n) is 24.0. The van der Waals surface area contributed by atoms with E-state index in [1.165, 1.54) is 22.7 Å². The van der Waals surface area contributed by atoms with Gasteiger partial charge in [0, 0.05) is 25.5 Å². The van der Waals surface area contributed by atoms with Crippen molar-refractivity contribution in [1.82, 2.24) is 40.0 Å². The Kier molecular flexibility index (Phi) is 11.2. The van der Waals surface area contributed by atoms with E-state index in [2.05, 4.69) is 41.2 Å². The third-order valence-electron chi connectivity index (χ3n) is 5.60. The van der Waals surface area contributed by atoms with E-state index in [-0.39, 0.29) is 0 Å². The van der Waals surface area contributed by atoms with E-state index in [0.717, 1.165) is 54.4 Å². The predicted molar refractivity (Wildman–Crippen MR) is 177 cm³/mol. The van der Waals surface area contributed by atoms with Crippen LogP contribution in [0.15, 0.2) is 60.7 Å². The summed E-state index contributed by atoms with van der Waals surface area (Å²) in [6, 6.07) is 19.7. The molecule has 0 saturated heterocycles. The fourth-order valence-corrected chi connectivity index (χ4v) is 6.06. The summed E-state index contributed by atoms with van der Waals surface area (Å²) in [4.78, 5) is 0. The van der Waals surface area contributed by atoms with E-state index in [1.54, 1.807) is 9.36 Å². The number of benzene rings is 2. The molecule has 0 aliphatic rings. The topological polar surface area (TPSA) is 186 Å². The van der Waals surface area contributed by atoms with E-state index in [4.69, 9.17) is 40.7 Å². The Bertz CT molecular complexity index is 1840. The van der Waals surface area contributed by atoms with Crippen LogP contribution in [-0.4, -0.2) is 57.5 Å². The summed E-state index contributed by atoms with van der Waals surface area (Å²) in [5, 5.41) is 35.8. The summed E-state index contributed by atoms with van der Waals surface area (Å²) >= 11 is 15.4. The fraction of sp³-hybridized carbons (Fsp3) is 0.154. The normalized spacial score (nSPS) is 10.8. The second kappa shape index (κ2) is 14.9. The van der Waals surface area contributed by atoms with Gasteiger partial charge in [0.1, 0.15) is 11.4 Å². The van der Waals surface area contributed by atoms with E-state index in [0.29, 0.717) is 10.0 Å².